The van der Waals surface area contributed by atoms with Crippen molar-refractivity contribution in [2.75, 3.05) is 25.0 Å². The van der Waals surface area contributed by atoms with Gasteiger partial charge in [-0.2, -0.15) is 9.98 Å². The Morgan fingerprint density at radius 2 is 1.80 bits per heavy atom. The molecule has 2 aromatic rings. The minimum Gasteiger partial charge on any atom is -0.507 e. The third kappa shape index (κ3) is 9.19. The molecule has 12 heteroatoms. The van der Waals surface area contributed by atoms with E-state index in [2.05, 4.69) is 38.5 Å². The topological polar surface area (TPSA) is 161 Å². The fraction of sp³-hybridized carbons (Fsp3) is 0.353. The molecule has 0 aliphatic carbocycles. The van der Waals surface area contributed by atoms with Crippen molar-refractivity contribution >= 4 is 41.4 Å². The molecule has 0 unspecified atom stereocenters. The maximum Gasteiger partial charge on any atom is 0.410 e. The predicted octanol–water partition coefficient (Wildman–Crippen LogP) is 4.33. The van der Waals surface area contributed by atoms with Crippen LogP contribution in [0.15, 0.2) is 70.1 Å². The Hall–Kier alpha value is -5.62. The molecule has 3 N–H and O–H groups in total. The van der Waals surface area contributed by atoms with Crippen LogP contribution in [0.3, 0.4) is 0 Å². The number of para-hydroxylation sites is 1. The lowest BCUT2D eigenvalue weighted by molar-refractivity contribution is -0.136. The van der Waals surface area contributed by atoms with Crippen LogP contribution in [0.5, 0.6) is 5.75 Å². The van der Waals surface area contributed by atoms with Crippen LogP contribution >= 0.6 is 0 Å². The lowest BCUT2D eigenvalue weighted by atomic mass is 10.0. The van der Waals surface area contributed by atoms with Crippen molar-refractivity contribution in [3.05, 3.63) is 82.4 Å². The normalized spacial score (nSPS) is 14.9. The maximum atomic E-state index is 13.2. The van der Waals surface area contributed by atoms with E-state index in [1.807, 2.05) is 29.2 Å². The molecule has 4 rings (SSSR count). The van der Waals surface area contributed by atoms with Gasteiger partial charge < -0.3 is 30.1 Å². The number of nitrogens with one attached hydrogen (secondary N) is 1. The first-order valence-corrected chi connectivity index (χ1v) is 14.8. The highest BCUT2D eigenvalue weighted by molar-refractivity contribution is 5.97. The number of fused-ring (bicyclic) bond motifs is 1. The molecule has 0 saturated carbocycles. The van der Waals surface area contributed by atoms with Crippen LogP contribution in [0.4, 0.5) is 15.3 Å². The van der Waals surface area contributed by atoms with E-state index >= 15 is 0 Å². The van der Waals surface area contributed by atoms with Gasteiger partial charge in [0.05, 0.1) is 24.4 Å². The van der Waals surface area contributed by atoms with Crippen LogP contribution in [-0.4, -0.2) is 87.5 Å². The Balaban J connectivity index is 1.42. The number of phenolic OH excluding ortho intramolecular Hbond substituents is 1. The molecular formula is C34H35N5O7. The summed E-state index contributed by atoms with van der Waals surface area (Å²) < 4.78 is 5.68. The highest BCUT2D eigenvalue weighted by Gasteiger charge is 2.33. The molecular weight excluding hydrogens is 590 g/mol. The molecule has 238 valence electrons. The number of hydrogen-bond donors (Lipinski definition) is 3. The van der Waals surface area contributed by atoms with Crippen molar-refractivity contribution in [2.24, 2.45) is 9.98 Å². The van der Waals surface area contributed by atoms with Gasteiger partial charge in [-0.1, -0.05) is 36.1 Å². The number of piperidine rings is 1. The number of anilines is 1. The molecule has 2 heterocycles. The molecule has 46 heavy (non-hydrogen) atoms. The molecule has 4 amide bonds. The summed E-state index contributed by atoms with van der Waals surface area (Å²) in [6.07, 6.45) is 2.08. The molecule has 0 radical (unpaired) electrons. The number of carboxylic acid groups (broad SMARTS) is 1. The molecule has 2 aliphatic heterocycles. The predicted molar refractivity (Wildman–Crippen MR) is 170 cm³/mol. The van der Waals surface area contributed by atoms with Crippen LogP contribution in [-0.2, 0) is 27.2 Å². The van der Waals surface area contributed by atoms with Crippen molar-refractivity contribution in [3.63, 3.8) is 0 Å². The van der Waals surface area contributed by atoms with Gasteiger partial charge in [-0.3, -0.25) is 9.59 Å². The summed E-state index contributed by atoms with van der Waals surface area (Å²) in [5, 5.41) is 21.7. The average Bonchev–Trinajstić information content (AvgIpc) is 3.20. The second-order valence-electron chi connectivity index (χ2n) is 10.9. The molecule has 1 saturated heterocycles. The fourth-order valence-corrected chi connectivity index (χ4v) is 5.33. The quantitative estimate of drug-likeness (QED) is 0.291. The van der Waals surface area contributed by atoms with Crippen molar-refractivity contribution in [1.82, 2.24) is 9.80 Å². The number of amides is 4. The van der Waals surface area contributed by atoms with Gasteiger partial charge in [0, 0.05) is 37.8 Å². The number of carbonyl (C=O) groups excluding carboxylic acids is 3. The second kappa shape index (κ2) is 15.9. The van der Waals surface area contributed by atoms with E-state index in [4.69, 9.17) is 9.84 Å². The first kappa shape index (κ1) is 33.3. The summed E-state index contributed by atoms with van der Waals surface area (Å²) >= 11 is 0. The monoisotopic (exact) mass is 625 g/mol. The highest BCUT2D eigenvalue weighted by Crippen LogP contribution is 2.26. The SMILES string of the molecule is Cc1cc(C[C@@H](OC(=O)N2CCC(N3CCc4ccccc4NC3=O)CC2)C(=O)N=C=C=NC=C=C=CCC(=O)O)cc(C)c1O. The van der Waals surface area contributed by atoms with Crippen LogP contribution in [0.25, 0.3) is 0 Å². The van der Waals surface area contributed by atoms with Gasteiger partial charge in [0.25, 0.3) is 5.91 Å². The molecule has 1 atom stereocenters. The number of likely N-dealkylation sites (tertiary alicyclic amines) is 1. The van der Waals surface area contributed by atoms with Gasteiger partial charge in [0.1, 0.15) is 5.75 Å². The lowest BCUT2D eigenvalue weighted by Gasteiger charge is -2.37. The number of hydrogen-bond acceptors (Lipinski definition) is 7. The fourth-order valence-electron chi connectivity index (χ4n) is 5.33. The van der Waals surface area contributed by atoms with E-state index in [1.165, 1.54) is 11.0 Å². The van der Waals surface area contributed by atoms with Crippen molar-refractivity contribution in [2.45, 2.75) is 58.1 Å². The van der Waals surface area contributed by atoms with Crippen LogP contribution < -0.4 is 5.32 Å². The zero-order valence-corrected chi connectivity index (χ0v) is 25.7. The minimum absolute atomic E-state index is 0.0108. The number of phenols is 1. The zero-order chi connectivity index (χ0) is 33.1. The van der Waals surface area contributed by atoms with Gasteiger partial charge in [-0.25, -0.2) is 9.59 Å². The van der Waals surface area contributed by atoms with E-state index in [9.17, 15) is 24.3 Å². The number of ether oxygens (including phenoxy) is 1. The highest BCUT2D eigenvalue weighted by atomic mass is 16.6. The Morgan fingerprint density at radius 3 is 2.52 bits per heavy atom. The lowest BCUT2D eigenvalue weighted by Crippen LogP contribution is -2.50. The molecule has 2 aromatic carbocycles. The van der Waals surface area contributed by atoms with E-state index in [0.717, 1.165) is 23.9 Å². The number of benzene rings is 2. The number of aromatic hydroxyl groups is 1. The first-order valence-electron chi connectivity index (χ1n) is 14.8. The molecule has 0 bridgehead atoms. The smallest absolute Gasteiger partial charge is 0.410 e. The molecule has 0 spiro atoms. The second-order valence-corrected chi connectivity index (χ2v) is 10.9. The van der Waals surface area contributed by atoms with Crippen LogP contribution in [0.1, 0.15) is 41.5 Å². The summed E-state index contributed by atoms with van der Waals surface area (Å²) in [4.78, 5) is 60.5. The third-order valence-electron chi connectivity index (χ3n) is 7.67. The average molecular weight is 626 g/mol. The van der Waals surface area contributed by atoms with Crippen molar-refractivity contribution in [3.8, 4) is 5.75 Å². The van der Waals surface area contributed by atoms with Crippen molar-refractivity contribution < 1.29 is 34.1 Å². The Morgan fingerprint density at radius 1 is 1.09 bits per heavy atom. The Labute approximate surface area is 266 Å². The molecule has 1 fully saturated rings. The van der Waals surface area contributed by atoms with Crippen LogP contribution in [0, 0.1) is 13.8 Å². The maximum absolute atomic E-state index is 13.2. The zero-order valence-electron chi connectivity index (χ0n) is 25.7. The summed E-state index contributed by atoms with van der Waals surface area (Å²) in [6.45, 7) is 4.73. The molecule has 0 aromatic heterocycles. The van der Waals surface area contributed by atoms with Gasteiger partial charge in [-0.05, 0) is 73.2 Å². The number of carboxylic acids is 1. The first-order chi connectivity index (χ1) is 22.1. The molecule has 12 nitrogen and oxygen atoms in total. The minimum atomic E-state index is -1.29. The number of aliphatic imine (C=N–C) groups is 2. The van der Waals surface area contributed by atoms with Gasteiger partial charge in [0.15, 0.2) is 6.10 Å². The van der Waals surface area contributed by atoms with E-state index < -0.39 is 24.1 Å². The number of aliphatic carboxylic acids is 1. The molecule has 2 aliphatic rings. The Kier molecular flexibility index (Phi) is 11.5. The summed E-state index contributed by atoms with van der Waals surface area (Å²) in [7, 11) is 0. The van der Waals surface area contributed by atoms with Gasteiger partial charge in [-0.15, -0.1) is 0 Å². The standard InChI is InChI=1S/C34H35N5O7/c1-23-20-25(21-24(2)31(23)42)22-29(32(43)36-16-15-35-14-7-3-4-10-30(40)41)46-34(45)38-17-12-27(13-18-38)39-19-11-26-8-5-6-9-28(26)37-33(39)44/h4-6,8-9,14,20-21,27,29,42H,10-13,17-19,22H2,1-2H3,(H,37,44)(H,40,41)/t29-/m1/s1. The van der Waals surface area contributed by atoms with E-state index in [-0.39, 0.29) is 30.7 Å². The Bertz CT molecular complexity index is 1680. The van der Waals surface area contributed by atoms with E-state index in [1.54, 1.807) is 26.0 Å². The summed E-state index contributed by atoms with van der Waals surface area (Å²) in [5.74, 6) is 2.93. The largest absolute Gasteiger partial charge is 0.507 e. The number of aryl methyl sites for hydroxylation is 2. The summed E-state index contributed by atoms with van der Waals surface area (Å²) in [5.41, 5.74) is 8.76. The summed E-state index contributed by atoms with van der Waals surface area (Å²) in [6, 6.07) is 10.9. The van der Waals surface area contributed by atoms with Gasteiger partial charge >= 0.3 is 18.1 Å². The van der Waals surface area contributed by atoms with Crippen LogP contribution in [0.2, 0.25) is 0 Å². The van der Waals surface area contributed by atoms with Crippen molar-refractivity contribution in [1.29, 1.82) is 0 Å². The number of nitrogens with zero attached hydrogens (tertiary/aromatic N) is 4. The van der Waals surface area contributed by atoms with Gasteiger partial charge in [0.2, 0.25) is 0 Å². The number of carbonyl (C=O) groups is 4. The number of urea groups is 1. The third-order valence-corrected chi connectivity index (χ3v) is 7.67. The number of rotatable bonds is 8. The van der Waals surface area contributed by atoms with E-state index in [0.29, 0.717) is 49.2 Å².